The lowest BCUT2D eigenvalue weighted by Crippen LogP contribution is -2.09. The summed E-state index contributed by atoms with van der Waals surface area (Å²) in [5, 5.41) is 13.0. The first-order chi connectivity index (χ1) is 8.44. The second kappa shape index (κ2) is 7.01. The number of rotatable bonds is 6. The van der Waals surface area contributed by atoms with Gasteiger partial charge in [-0.2, -0.15) is 5.26 Å². The first kappa shape index (κ1) is 15.3. The Morgan fingerprint density at radius 2 is 2.11 bits per heavy atom. The molecule has 0 atom stereocenters. The van der Waals surface area contributed by atoms with Gasteiger partial charge in [0.2, 0.25) is 0 Å². The number of nitrogens with zero attached hydrogens (tertiary/aromatic N) is 1. The van der Waals surface area contributed by atoms with Gasteiger partial charge in [-0.25, -0.2) is 0 Å². The Bertz CT molecular complexity index is 438. The lowest BCUT2D eigenvalue weighted by Gasteiger charge is -2.14. The topological polar surface area (TPSA) is 35.8 Å². The van der Waals surface area contributed by atoms with Gasteiger partial charge in [-0.15, -0.1) is 0 Å². The summed E-state index contributed by atoms with van der Waals surface area (Å²) in [7, 11) is 0. The molecule has 2 nitrogen and oxygen atoms in total. The molecule has 1 rings (SSSR count). The van der Waals surface area contributed by atoms with Crippen molar-refractivity contribution < 1.29 is 0 Å². The summed E-state index contributed by atoms with van der Waals surface area (Å²) in [6.07, 6.45) is 3.06. The molecule has 0 saturated carbocycles. The van der Waals surface area contributed by atoms with Crippen molar-refractivity contribution in [3.05, 3.63) is 27.7 Å². The minimum absolute atomic E-state index is 0.205. The van der Waals surface area contributed by atoms with Gasteiger partial charge in [-0.05, 0) is 60.8 Å². The Morgan fingerprint density at radius 1 is 1.39 bits per heavy atom. The van der Waals surface area contributed by atoms with Crippen LogP contribution in [0.2, 0.25) is 5.02 Å². The van der Waals surface area contributed by atoms with Crippen molar-refractivity contribution in [1.29, 1.82) is 5.26 Å². The molecule has 0 aliphatic heterocycles. The Labute approximate surface area is 122 Å². The van der Waals surface area contributed by atoms with Gasteiger partial charge < -0.3 is 5.32 Å². The number of nitrogens with one attached hydrogen (secondary N) is 1. The smallest absolute Gasteiger partial charge is 0.0683 e. The molecule has 4 heteroatoms. The van der Waals surface area contributed by atoms with E-state index in [2.05, 4.69) is 27.3 Å². The zero-order valence-electron chi connectivity index (χ0n) is 10.8. The maximum absolute atomic E-state index is 8.90. The van der Waals surface area contributed by atoms with Gasteiger partial charge in [0.15, 0.2) is 0 Å². The van der Waals surface area contributed by atoms with Crippen LogP contribution < -0.4 is 5.32 Å². The van der Waals surface area contributed by atoms with E-state index in [1.807, 2.05) is 32.0 Å². The quantitative estimate of drug-likeness (QED) is 0.725. The standard InChI is InChI=1S/C14H18BrClN2/c1-14(2,10-17)7-3-4-8-18-11-5-6-13(16)12(15)9-11/h5-6,9,18H,3-4,7-8H2,1-2H3. The largest absolute Gasteiger partial charge is 0.385 e. The number of benzene rings is 1. The van der Waals surface area contributed by atoms with Gasteiger partial charge >= 0.3 is 0 Å². The van der Waals surface area contributed by atoms with Crippen molar-refractivity contribution in [1.82, 2.24) is 0 Å². The summed E-state index contributed by atoms with van der Waals surface area (Å²) < 4.78 is 0.903. The molecule has 0 spiro atoms. The molecule has 0 aromatic heterocycles. The van der Waals surface area contributed by atoms with Gasteiger partial charge in [0.25, 0.3) is 0 Å². The van der Waals surface area contributed by atoms with E-state index in [0.717, 1.165) is 41.0 Å². The molecule has 1 aromatic rings. The Morgan fingerprint density at radius 3 is 2.72 bits per heavy atom. The molecule has 0 bridgehead atoms. The van der Waals surface area contributed by atoms with Crippen LogP contribution in [-0.4, -0.2) is 6.54 Å². The normalized spacial score (nSPS) is 11.1. The molecule has 0 amide bonds. The highest BCUT2D eigenvalue weighted by molar-refractivity contribution is 9.10. The number of hydrogen-bond acceptors (Lipinski definition) is 2. The fourth-order valence-corrected chi connectivity index (χ4v) is 2.08. The fraction of sp³-hybridized carbons (Fsp3) is 0.500. The highest BCUT2D eigenvalue weighted by Gasteiger charge is 2.15. The summed E-state index contributed by atoms with van der Waals surface area (Å²) >= 11 is 9.32. The first-order valence-corrected chi connectivity index (χ1v) is 7.22. The number of halogens is 2. The molecule has 18 heavy (non-hydrogen) atoms. The van der Waals surface area contributed by atoms with E-state index in [1.54, 1.807) is 0 Å². The third kappa shape index (κ3) is 5.29. The zero-order valence-corrected chi connectivity index (χ0v) is 13.1. The summed E-state index contributed by atoms with van der Waals surface area (Å²) in [6, 6.07) is 8.13. The van der Waals surface area contributed by atoms with Crippen molar-refractivity contribution >= 4 is 33.2 Å². The van der Waals surface area contributed by atoms with Gasteiger partial charge in [0.1, 0.15) is 0 Å². The van der Waals surface area contributed by atoms with E-state index in [-0.39, 0.29) is 5.41 Å². The highest BCUT2D eigenvalue weighted by Crippen LogP contribution is 2.26. The van der Waals surface area contributed by atoms with E-state index in [4.69, 9.17) is 16.9 Å². The molecule has 0 heterocycles. The van der Waals surface area contributed by atoms with E-state index in [9.17, 15) is 0 Å². The highest BCUT2D eigenvalue weighted by atomic mass is 79.9. The molecule has 0 unspecified atom stereocenters. The maximum Gasteiger partial charge on any atom is 0.0683 e. The van der Waals surface area contributed by atoms with Crippen LogP contribution in [0.4, 0.5) is 5.69 Å². The minimum Gasteiger partial charge on any atom is -0.385 e. The second-order valence-electron chi connectivity index (χ2n) is 5.01. The van der Waals surface area contributed by atoms with Gasteiger partial charge in [0.05, 0.1) is 16.5 Å². The number of nitriles is 1. The average Bonchev–Trinajstić information content (AvgIpc) is 2.33. The number of unbranched alkanes of at least 4 members (excludes halogenated alkanes) is 1. The van der Waals surface area contributed by atoms with Crippen LogP contribution in [0.1, 0.15) is 33.1 Å². The van der Waals surface area contributed by atoms with Crippen LogP contribution >= 0.6 is 27.5 Å². The van der Waals surface area contributed by atoms with E-state index >= 15 is 0 Å². The predicted molar refractivity (Wildman–Crippen MR) is 80.9 cm³/mol. The Hall–Kier alpha value is -0.720. The minimum atomic E-state index is -0.205. The Balaban J connectivity index is 2.26. The third-order valence-electron chi connectivity index (χ3n) is 2.78. The second-order valence-corrected chi connectivity index (χ2v) is 6.27. The monoisotopic (exact) mass is 328 g/mol. The molecule has 0 aliphatic rings. The van der Waals surface area contributed by atoms with Gasteiger partial charge in [0, 0.05) is 16.7 Å². The number of anilines is 1. The summed E-state index contributed by atoms with van der Waals surface area (Å²) in [6.45, 7) is 4.88. The molecule has 98 valence electrons. The summed E-state index contributed by atoms with van der Waals surface area (Å²) in [5.74, 6) is 0. The van der Waals surface area contributed by atoms with Crippen LogP contribution in [0.15, 0.2) is 22.7 Å². The summed E-state index contributed by atoms with van der Waals surface area (Å²) in [4.78, 5) is 0. The molecule has 0 saturated heterocycles. The molecule has 1 N–H and O–H groups in total. The SMILES string of the molecule is CC(C)(C#N)CCCCNc1ccc(Cl)c(Br)c1. The van der Waals surface area contributed by atoms with Gasteiger partial charge in [-0.1, -0.05) is 18.0 Å². The zero-order chi connectivity index (χ0) is 13.6. The van der Waals surface area contributed by atoms with Crippen LogP contribution in [0, 0.1) is 16.7 Å². The lowest BCUT2D eigenvalue weighted by molar-refractivity contribution is 0.430. The average molecular weight is 330 g/mol. The fourth-order valence-electron chi connectivity index (χ4n) is 1.59. The van der Waals surface area contributed by atoms with Crippen LogP contribution in [0.3, 0.4) is 0 Å². The summed E-state index contributed by atoms with van der Waals surface area (Å²) in [5.41, 5.74) is 0.856. The van der Waals surface area contributed by atoms with Crippen molar-refractivity contribution in [3.8, 4) is 6.07 Å². The molecule has 1 aromatic carbocycles. The van der Waals surface area contributed by atoms with Gasteiger partial charge in [-0.3, -0.25) is 0 Å². The van der Waals surface area contributed by atoms with Crippen molar-refractivity contribution in [2.24, 2.45) is 5.41 Å². The molecule has 0 radical (unpaired) electrons. The number of hydrogen-bond donors (Lipinski definition) is 1. The van der Waals surface area contributed by atoms with Crippen LogP contribution in [0.5, 0.6) is 0 Å². The van der Waals surface area contributed by atoms with Crippen molar-refractivity contribution in [3.63, 3.8) is 0 Å². The van der Waals surface area contributed by atoms with E-state index in [1.165, 1.54) is 0 Å². The van der Waals surface area contributed by atoms with E-state index in [0.29, 0.717) is 0 Å². The van der Waals surface area contributed by atoms with Crippen molar-refractivity contribution in [2.75, 3.05) is 11.9 Å². The maximum atomic E-state index is 8.90. The molecular formula is C14H18BrClN2. The molecule has 0 aliphatic carbocycles. The first-order valence-electron chi connectivity index (χ1n) is 6.05. The van der Waals surface area contributed by atoms with Crippen molar-refractivity contribution in [2.45, 2.75) is 33.1 Å². The predicted octanol–water partition coefficient (Wildman–Crippen LogP) is 5.23. The lowest BCUT2D eigenvalue weighted by atomic mass is 9.89. The molecule has 0 fully saturated rings. The van der Waals surface area contributed by atoms with E-state index < -0.39 is 0 Å². The Kier molecular flexibility index (Phi) is 5.98. The van der Waals surface area contributed by atoms with Crippen LogP contribution in [0.25, 0.3) is 0 Å². The van der Waals surface area contributed by atoms with Crippen LogP contribution in [-0.2, 0) is 0 Å². The third-order valence-corrected chi connectivity index (χ3v) is 3.99. The molecular weight excluding hydrogens is 312 g/mol.